The number of nitrogens with one attached hydrogen (secondary N) is 2. The predicted molar refractivity (Wildman–Crippen MR) is 84.2 cm³/mol. The molecule has 0 bridgehead atoms. The van der Waals surface area contributed by atoms with Gasteiger partial charge >= 0.3 is 0 Å². The lowest BCUT2D eigenvalue weighted by atomic mass is 9.97. The van der Waals surface area contributed by atoms with Crippen molar-refractivity contribution in [1.29, 1.82) is 0 Å². The van der Waals surface area contributed by atoms with Crippen LogP contribution in [0.4, 0.5) is 4.39 Å². The van der Waals surface area contributed by atoms with Crippen LogP contribution in [-0.4, -0.2) is 25.7 Å². The van der Waals surface area contributed by atoms with Crippen LogP contribution in [0.5, 0.6) is 5.75 Å². The third kappa shape index (κ3) is 4.68. The number of hydrogen-bond acceptors (Lipinski definition) is 3. The maximum atomic E-state index is 13.5. The summed E-state index contributed by atoms with van der Waals surface area (Å²) in [6.45, 7) is 5.38. The molecule has 0 amide bonds. The van der Waals surface area contributed by atoms with Crippen LogP contribution in [0.3, 0.4) is 0 Å². The molecule has 3 nitrogen and oxygen atoms in total. The molecule has 1 aliphatic rings. The van der Waals surface area contributed by atoms with E-state index in [-0.39, 0.29) is 11.9 Å². The molecule has 21 heavy (non-hydrogen) atoms. The van der Waals surface area contributed by atoms with Gasteiger partial charge in [0.15, 0.2) is 0 Å². The van der Waals surface area contributed by atoms with Crippen molar-refractivity contribution in [2.75, 3.05) is 13.7 Å². The van der Waals surface area contributed by atoms with E-state index in [4.69, 9.17) is 4.74 Å². The number of benzene rings is 1. The quantitative estimate of drug-likeness (QED) is 0.843. The number of hydrogen-bond donors (Lipinski definition) is 2. The highest BCUT2D eigenvalue weighted by Gasteiger charge is 2.19. The van der Waals surface area contributed by atoms with Crippen LogP contribution in [0.15, 0.2) is 18.2 Å². The predicted octanol–water partition coefficient (Wildman–Crippen LogP) is 3.41. The van der Waals surface area contributed by atoms with Gasteiger partial charge in [0.25, 0.3) is 0 Å². The highest BCUT2D eigenvalue weighted by atomic mass is 19.1. The van der Waals surface area contributed by atoms with Crippen LogP contribution in [0, 0.1) is 5.82 Å². The first-order valence-corrected chi connectivity index (χ1v) is 7.93. The average molecular weight is 294 g/mol. The number of ether oxygens (including phenoxy) is 1. The SMILES string of the molecule is COc1ccc(F)cc1C(C)NC(C)CC1CCCCN1. The normalized spacial score (nSPS) is 21.8. The second kappa shape index (κ2) is 7.76. The zero-order valence-corrected chi connectivity index (χ0v) is 13.3. The maximum Gasteiger partial charge on any atom is 0.123 e. The van der Waals surface area contributed by atoms with Crippen LogP contribution in [0.1, 0.15) is 51.1 Å². The summed E-state index contributed by atoms with van der Waals surface area (Å²) in [4.78, 5) is 0. The number of methoxy groups -OCH3 is 1. The molecule has 1 aliphatic heterocycles. The van der Waals surface area contributed by atoms with Crippen LogP contribution in [0.2, 0.25) is 0 Å². The summed E-state index contributed by atoms with van der Waals surface area (Å²) in [5, 5.41) is 7.13. The Labute approximate surface area is 127 Å². The van der Waals surface area contributed by atoms with Gasteiger partial charge in [-0.25, -0.2) is 4.39 Å². The van der Waals surface area contributed by atoms with E-state index in [0.29, 0.717) is 12.1 Å². The molecule has 0 spiro atoms. The minimum Gasteiger partial charge on any atom is -0.496 e. The molecule has 0 radical (unpaired) electrons. The van der Waals surface area contributed by atoms with E-state index in [1.807, 2.05) is 0 Å². The molecule has 0 aromatic heterocycles. The smallest absolute Gasteiger partial charge is 0.123 e. The zero-order chi connectivity index (χ0) is 15.2. The summed E-state index contributed by atoms with van der Waals surface area (Å²) in [5.74, 6) is 0.514. The fourth-order valence-electron chi connectivity index (χ4n) is 3.18. The fourth-order valence-corrected chi connectivity index (χ4v) is 3.18. The zero-order valence-electron chi connectivity index (χ0n) is 13.3. The van der Waals surface area contributed by atoms with Gasteiger partial charge < -0.3 is 15.4 Å². The summed E-state index contributed by atoms with van der Waals surface area (Å²) < 4.78 is 18.8. The lowest BCUT2D eigenvalue weighted by molar-refractivity contribution is 0.330. The first kappa shape index (κ1) is 16.2. The molecule has 1 heterocycles. The first-order valence-electron chi connectivity index (χ1n) is 7.93. The van der Waals surface area contributed by atoms with E-state index in [0.717, 1.165) is 24.3 Å². The van der Waals surface area contributed by atoms with Crippen molar-refractivity contribution >= 4 is 0 Å². The third-order valence-corrected chi connectivity index (χ3v) is 4.24. The molecule has 1 fully saturated rings. The maximum absolute atomic E-state index is 13.5. The van der Waals surface area contributed by atoms with Crippen LogP contribution < -0.4 is 15.4 Å². The average Bonchev–Trinajstić information content (AvgIpc) is 2.48. The number of piperidine rings is 1. The summed E-state index contributed by atoms with van der Waals surface area (Å²) >= 11 is 0. The topological polar surface area (TPSA) is 33.3 Å². The van der Waals surface area contributed by atoms with Gasteiger partial charge in [0, 0.05) is 23.7 Å². The molecule has 0 aliphatic carbocycles. The minimum absolute atomic E-state index is 0.0641. The summed E-state index contributed by atoms with van der Waals surface area (Å²) in [7, 11) is 1.62. The van der Waals surface area contributed by atoms with Crippen molar-refractivity contribution in [2.24, 2.45) is 0 Å². The van der Waals surface area contributed by atoms with Crippen molar-refractivity contribution in [1.82, 2.24) is 10.6 Å². The van der Waals surface area contributed by atoms with Crippen molar-refractivity contribution < 1.29 is 9.13 Å². The molecule has 1 aromatic rings. The van der Waals surface area contributed by atoms with E-state index in [1.165, 1.54) is 25.3 Å². The highest BCUT2D eigenvalue weighted by molar-refractivity contribution is 5.36. The van der Waals surface area contributed by atoms with E-state index in [9.17, 15) is 4.39 Å². The third-order valence-electron chi connectivity index (χ3n) is 4.24. The second-order valence-corrected chi connectivity index (χ2v) is 6.06. The van der Waals surface area contributed by atoms with E-state index >= 15 is 0 Å². The molecule has 1 saturated heterocycles. The molecule has 3 atom stereocenters. The molecule has 118 valence electrons. The molecule has 4 heteroatoms. The molecular weight excluding hydrogens is 267 g/mol. The summed E-state index contributed by atoms with van der Waals surface area (Å²) in [6.07, 6.45) is 4.96. The minimum atomic E-state index is -0.221. The lowest BCUT2D eigenvalue weighted by Crippen LogP contribution is -2.40. The van der Waals surface area contributed by atoms with E-state index < -0.39 is 0 Å². The Morgan fingerprint density at radius 1 is 1.38 bits per heavy atom. The van der Waals surface area contributed by atoms with E-state index in [2.05, 4.69) is 24.5 Å². The molecule has 0 saturated carbocycles. The van der Waals surface area contributed by atoms with E-state index in [1.54, 1.807) is 19.2 Å². The van der Waals surface area contributed by atoms with Gasteiger partial charge in [-0.05, 0) is 57.9 Å². The molecular formula is C17H27FN2O. The van der Waals surface area contributed by atoms with Crippen LogP contribution in [0.25, 0.3) is 0 Å². The standard InChI is InChI=1S/C17H27FN2O/c1-12(10-15-6-4-5-9-19-15)20-13(2)16-11-14(18)7-8-17(16)21-3/h7-8,11-13,15,19-20H,4-6,9-10H2,1-3H3. The van der Waals surface area contributed by atoms with Gasteiger partial charge in [-0.2, -0.15) is 0 Å². The van der Waals surface area contributed by atoms with Gasteiger partial charge in [0.05, 0.1) is 7.11 Å². The van der Waals surface area contributed by atoms with Crippen molar-refractivity contribution in [3.8, 4) is 5.75 Å². The van der Waals surface area contributed by atoms with Gasteiger partial charge in [0.1, 0.15) is 11.6 Å². The lowest BCUT2D eigenvalue weighted by Gasteiger charge is -2.28. The molecule has 2 rings (SSSR count). The summed E-state index contributed by atoms with van der Waals surface area (Å²) in [6, 6.07) is 5.73. The second-order valence-electron chi connectivity index (χ2n) is 6.06. The van der Waals surface area contributed by atoms with Crippen LogP contribution >= 0.6 is 0 Å². The Kier molecular flexibility index (Phi) is 6.00. The summed E-state index contributed by atoms with van der Waals surface area (Å²) in [5.41, 5.74) is 0.876. The first-order chi connectivity index (χ1) is 10.1. The number of rotatable bonds is 6. The van der Waals surface area contributed by atoms with Crippen molar-refractivity contribution in [3.63, 3.8) is 0 Å². The Morgan fingerprint density at radius 3 is 2.86 bits per heavy atom. The van der Waals surface area contributed by atoms with Crippen molar-refractivity contribution in [3.05, 3.63) is 29.6 Å². The monoisotopic (exact) mass is 294 g/mol. The Bertz CT molecular complexity index is 446. The van der Waals surface area contributed by atoms with Gasteiger partial charge in [0.2, 0.25) is 0 Å². The Hall–Kier alpha value is -1.13. The van der Waals surface area contributed by atoms with Crippen molar-refractivity contribution in [2.45, 2.75) is 57.7 Å². The van der Waals surface area contributed by atoms with Gasteiger partial charge in [-0.3, -0.25) is 0 Å². The Balaban J connectivity index is 1.93. The van der Waals surface area contributed by atoms with Crippen LogP contribution in [-0.2, 0) is 0 Å². The molecule has 2 N–H and O–H groups in total. The molecule has 1 aromatic carbocycles. The molecule has 3 unspecified atom stereocenters. The van der Waals surface area contributed by atoms with Gasteiger partial charge in [-0.15, -0.1) is 0 Å². The largest absolute Gasteiger partial charge is 0.496 e. The van der Waals surface area contributed by atoms with Gasteiger partial charge in [-0.1, -0.05) is 6.42 Å². The highest BCUT2D eigenvalue weighted by Crippen LogP contribution is 2.26. The fraction of sp³-hybridized carbons (Fsp3) is 0.647. The number of halogens is 1. The Morgan fingerprint density at radius 2 is 2.19 bits per heavy atom.